The smallest absolute Gasteiger partial charge is 0.339 e. The molecule has 0 unspecified atom stereocenters. The van der Waals surface area contributed by atoms with Crippen molar-refractivity contribution in [3.05, 3.63) is 62.4 Å². The minimum atomic E-state index is -1.24. The van der Waals surface area contributed by atoms with Gasteiger partial charge in [0.15, 0.2) is 0 Å². The zero-order valence-corrected chi connectivity index (χ0v) is 11.8. The van der Waals surface area contributed by atoms with Crippen LogP contribution in [0.2, 0.25) is 0 Å². The van der Waals surface area contributed by atoms with E-state index in [1.165, 1.54) is 18.2 Å². The van der Waals surface area contributed by atoms with Gasteiger partial charge in [0.05, 0.1) is 17.1 Å². The third kappa shape index (κ3) is 3.54. The Labute approximate surface area is 126 Å². The Kier molecular flexibility index (Phi) is 4.18. The van der Waals surface area contributed by atoms with Crippen LogP contribution in [0.3, 0.4) is 0 Å². The summed E-state index contributed by atoms with van der Waals surface area (Å²) in [6.07, 6.45) is 0. The highest BCUT2D eigenvalue weighted by atomic mass is 79.9. The summed E-state index contributed by atoms with van der Waals surface area (Å²) in [5.41, 5.74) is -0.643. The molecule has 8 heteroatoms. The summed E-state index contributed by atoms with van der Waals surface area (Å²) in [6.45, 7) is 0. The number of hydrogen-bond acceptors (Lipinski definition) is 4. The van der Waals surface area contributed by atoms with E-state index in [9.17, 15) is 19.3 Å². The van der Waals surface area contributed by atoms with Crippen molar-refractivity contribution >= 4 is 27.6 Å². The SMILES string of the molecule is O=C(O)c1cc(Br)ccc1Oc1cc(F)cc([N+](=O)[O-])c1. The third-order valence-corrected chi connectivity index (χ3v) is 2.96. The zero-order valence-electron chi connectivity index (χ0n) is 10.2. The molecule has 0 aromatic heterocycles. The number of carboxylic acids is 1. The van der Waals surface area contributed by atoms with E-state index >= 15 is 0 Å². The van der Waals surface area contributed by atoms with Gasteiger partial charge in [0, 0.05) is 10.5 Å². The molecular weight excluding hydrogens is 349 g/mol. The Hall–Kier alpha value is -2.48. The van der Waals surface area contributed by atoms with Crippen LogP contribution in [0.4, 0.5) is 10.1 Å². The molecule has 0 aliphatic heterocycles. The molecule has 0 amide bonds. The molecule has 0 saturated carbocycles. The molecule has 108 valence electrons. The van der Waals surface area contributed by atoms with Gasteiger partial charge in [-0.1, -0.05) is 15.9 Å². The summed E-state index contributed by atoms with van der Waals surface area (Å²) in [6, 6.07) is 6.90. The molecule has 0 bridgehead atoms. The van der Waals surface area contributed by atoms with E-state index < -0.39 is 22.4 Å². The maximum Gasteiger partial charge on any atom is 0.339 e. The number of non-ortho nitro benzene ring substituents is 1. The normalized spacial score (nSPS) is 10.2. The van der Waals surface area contributed by atoms with Crippen molar-refractivity contribution in [3.63, 3.8) is 0 Å². The number of halogens is 2. The van der Waals surface area contributed by atoms with E-state index in [4.69, 9.17) is 9.84 Å². The topological polar surface area (TPSA) is 89.7 Å². The summed E-state index contributed by atoms with van der Waals surface area (Å²) in [5, 5.41) is 19.7. The molecule has 2 aromatic carbocycles. The molecule has 21 heavy (non-hydrogen) atoms. The highest BCUT2D eigenvalue weighted by Crippen LogP contribution is 2.30. The largest absolute Gasteiger partial charge is 0.478 e. The van der Waals surface area contributed by atoms with E-state index in [0.717, 1.165) is 18.2 Å². The average molecular weight is 356 g/mol. The molecule has 0 atom stereocenters. The lowest BCUT2D eigenvalue weighted by atomic mass is 10.2. The first-order chi connectivity index (χ1) is 9.86. The lowest BCUT2D eigenvalue weighted by molar-refractivity contribution is -0.385. The van der Waals surface area contributed by atoms with Gasteiger partial charge in [0.25, 0.3) is 5.69 Å². The first-order valence-electron chi connectivity index (χ1n) is 5.52. The summed E-state index contributed by atoms with van der Waals surface area (Å²) in [4.78, 5) is 21.0. The molecule has 0 spiro atoms. The first kappa shape index (κ1) is 14.9. The number of aromatic carboxylic acids is 1. The molecule has 0 saturated heterocycles. The fourth-order valence-corrected chi connectivity index (χ4v) is 1.96. The van der Waals surface area contributed by atoms with Crippen molar-refractivity contribution < 1.29 is 24.0 Å². The molecular formula is C13H7BrFNO5. The van der Waals surface area contributed by atoms with Gasteiger partial charge >= 0.3 is 5.97 Å². The monoisotopic (exact) mass is 355 g/mol. The van der Waals surface area contributed by atoms with E-state index in [1.807, 2.05) is 0 Å². The Morgan fingerprint density at radius 1 is 1.29 bits per heavy atom. The first-order valence-corrected chi connectivity index (χ1v) is 6.32. The van der Waals surface area contributed by atoms with Gasteiger partial charge in [-0.3, -0.25) is 10.1 Å². The average Bonchev–Trinajstić information content (AvgIpc) is 2.40. The van der Waals surface area contributed by atoms with Gasteiger partial charge in [-0.15, -0.1) is 0 Å². The minimum absolute atomic E-state index is 0.0504. The summed E-state index contributed by atoms with van der Waals surface area (Å²) < 4.78 is 19.1. The maximum atomic E-state index is 13.3. The van der Waals surface area contributed by atoms with E-state index in [0.29, 0.717) is 4.47 Å². The number of rotatable bonds is 4. The number of nitro benzene ring substituents is 1. The molecule has 0 radical (unpaired) electrons. The fourth-order valence-electron chi connectivity index (χ4n) is 1.60. The molecule has 0 aliphatic carbocycles. The van der Waals surface area contributed by atoms with Crippen LogP contribution in [-0.4, -0.2) is 16.0 Å². The van der Waals surface area contributed by atoms with Crippen LogP contribution in [0.15, 0.2) is 40.9 Å². The van der Waals surface area contributed by atoms with Crippen LogP contribution in [-0.2, 0) is 0 Å². The number of carboxylic acid groups (broad SMARTS) is 1. The van der Waals surface area contributed by atoms with Gasteiger partial charge < -0.3 is 9.84 Å². The molecule has 0 heterocycles. The summed E-state index contributed by atoms with van der Waals surface area (Å²) in [5.74, 6) is -2.30. The predicted molar refractivity (Wildman–Crippen MR) is 74.2 cm³/mol. The minimum Gasteiger partial charge on any atom is -0.478 e. The standard InChI is InChI=1S/C13H7BrFNO5/c14-7-1-2-12(11(3-7)13(17)18)21-10-5-8(15)4-9(6-10)16(19)20/h1-6H,(H,17,18). The van der Waals surface area contributed by atoms with Gasteiger partial charge in [-0.25, -0.2) is 9.18 Å². The van der Waals surface area contributed by atoms with Gasteiger partial charge in [-0.05, 0) is 18.2 Å². The third-order valence-electron chi connectivity index (χ3n) is 2.47. The Morgan fingerprint density at radius 3 is 2.62 bits per heavy atom. The van der Waals surface area contributed by atoms with Crippen molar-refractivity contribution in [2.45, 2.75) is 0 Å². The molecule has 2 rings (SSSR count). The molecule has 0 aliphatic rings. The van der Waals surface area contributed by atoms with Gasteiger partial charge in [0.1, 0.15) is 22.9 Å². The summed E-state index contributed by atoms with van der Waals surface area (Å²) >= 11 is 3.12. The second kappa shape index (κ2) is 5.88. The maximum absolute atomic E-state index is 13.3. The molecule has 6 nitrogen and oxygen atoms in total. The molecule has 0 fully saturated rings. The van der Waals surface area contributed by atoms with Crippen LogP contribution in [0, 0.1) is 15.9 Å². The van der Waals surface area contributed by atoms with E-state index in [2.05, 4.69) is 15.9 Å². The van der Waals surface area contributed by atoms with Gasteiger partial charge in [-0.2, -0.15) is 0 Å². The van der Waals surface area contributed by atoms with Crippen LogP contribution < -0.4 is 4.74 Å². The fraction of sp³-hybridized carbons (Fsp3) is 0. The number of nitro groups is 1. The predicted octanol–water partition coefficient (Wildman–Crippen LogP) is 3.99. The lowest BCUT2D eigenvalue weighted by Gasteiger charge is -2.09. The zero-order chi connectivity index (χ0) is 15.6. The molecule has 1 N–H and O–H groups in total. The molecule has 2 aromatic rings. The van der Waals surface area contributed by atoms with Crippen LogP contribution in [0.1, 0.15) is 10.4 Å². The van der Waals surface area contributed by atoms with Gasteiger partial charge in [0.2, 0.25) is 0 Å². The number of ether oxygens (including phenoxy) is 1. The quantitative estimate of drug-likeness (QED) is 0.661. The Balaban J connectivity index is 2.43. The highest BCUT2D eigenvalue weighted by molar-refractivity contribution is 9.10. The highest BCUT2D eigenvalue weighted by Gasteiger charge is 2.15. The number of hydrogen-bond donors (Lipinski definition) is 1. The number of benzene rings is 2. The van der Waals surface area contributed by atoms with Crippen molar-refractivity contribution in [1.29, 1.82) is 0 Å². The van der Waals surface area contributed by atoms with Crippen LogP contribution >= 0.6 is 15.9 Å². The van der Waals surface area contributed by atoms with E-state index in [1.54, 1.807) is 0 Å². The second-order valence-electron chi connectivity index (χ2n) is 3.95. The van der Waals surface area contributed by atoms with Crippen LogP contribution in [0.25, 0.3) is 0 Å². The van der Waals surface area contributed by atoms with E-state index in [-0.39, 0.29) is 17.1 Å². The Morgan fingerprint density at radius 2 is 2.00 bits per heavy atom. The lowest BCUT2D eigenvalue weighted by Crippen LogP contribution is -2.00. The van der Waals surface area contributed by atoms with Crippen LogP contribution in [0.5, 0.6) is 11.5 Å². The van der Waals surface area contributed by atoms with Crippen molar-refractivity contribution in [2.75, 3.05) is 0 Å². The Bertz CT molecular complexity index is 734. The van der Waals surface area contributed by atoms with Crippen molar-refractivity contribution in [2.24, 2.45) is 0 Å². The van der Waals surface area contributed by atoms with Crippen molar-refractivity contribution in [1.82, 2.24) is 0 Å². The van der Waals surface area contributed by atoms with Crippen molar-refractivity contribution in [3.8, 4) is 11.5 Å². The second-order valence-corrected chi connectivity index (χ2v) is 4.87. The number of carbonyl (C=O) groups is 1. The number of nitrogens with zero attached hydrogens (tertiary/aromatic N) is 1. The summed E-state index contributed by atoms with van der Waals surface area (Å²) in [7, 11) is 0.